The number of aryl methyl sites for hydroxylation is 1. The molecule has 3 heterocycles. The molecule has 1 aliphatic heterocycles. The van der Waals surface area contributed by atoms with Crippen molar-refractivity contribution >= 4 is 5.91 Å². The van der Waals surface area contributed by atoms with Crippen LogP contribution in [0.5, 0.6) is 0 Å². The third-order valence-corrected chi connectivity index (χ3v) is 5.29. The van der Waals surface area contributed by atoms with Crippen molar-refractivity contribution in [2.24, 2.45) is 0 Å². The number of rotatable bonds is 3. The van der Waals surface area contributed by atoms with Crippen molar-refractivity contribution in [3.63, 3.8) is 0 Å². The normalized spacial score (nSPS) is 20.1. The summed E-state index contributed by atoms with van der Waals surface area (Å²) in [5.41, 5.74) is 2.16. The predicted octanol–water partition coefficient (Wildman–Crippen LogP) is 2.90. The van der Waals surface area contributed by atoms with E-state index in [1.165, 1.54) is 0 Å². The predicted molar refractivity (Wildman–Crippen MR) is 92.2 cm³/mol. The van der Waals surface area contributed by atoms with E-state index >= 15 is 0 Å². The van der Waals surface area contributed by atoms with Gasteiger partial charge in [0.15, 0.2) is 0 Å². The van der Waals surface area contributed by atoms with E-state index in [1.54, 1.807) is 4.57 Å². The molecule has 1 saturated carbocycles. The molecule has 2 aromatic heterocycles. The van der Waals surface area contributed by atoms with Crippen molar-refractivity contribution in [1.29, 1.82) is 0 Å². The number of amides is 1. The van der Waals surface area contributed by atoms with Crippen LogP contribution in [0.4, 0.5) is 0 Å². The van der Waals surface area contributed by atoms with Crippen molar-refractivity contribution in [1.82, 2.24) is 14.0 Å². The van der Waals surface area contributed by atoms with E-state index in [0.29, 0.717) is 12.1 Å². The molecule has 2 aromatic rings. The van der Waals surface area contributed by atoms with Crippen LogP contribution in [0, 0.1) is 6.92 Å². The van der Waals surface area contributed by atoms with E-state index in [2.05, 4.69) is 23.8 Å². The van der Waals surface area contributed by atoms with Gasteiger partial charge in [-0.05, 0) is 49.9 Å². The quantitative estimate of drug-likeness (QED) is 0.871. The summed E-state index contributed by atoms with van der Waals surface area (Å²) < 4.78 is 3.95. The minimum absolute atomic E-state index is 0.0367. The maximum absolute atomic E-state index is 13.2. The largest absolute Gasteiger partial charge is 0.348 e. The van der Waals surface area contributed by atoms with E-state index in [9.17, 15) is 9.59 Å². The number of hydrogen-bond donors (Lipinski definition) is 0. The first kappa shape index (κ1) is 15.2. The Balaban J connectivity index is 1.74. The molecule has 0 aromatic carbocycles. The van der Waals surface area contributed by atoms with Gasteiger partial charge in [-0.3, -0.25) is 9.59 Å². The Kier molecular flexibility index (Phi) is 3.59. The van der Waals surface area contributed by atoms with Gasteiger partial charge >= 0.3 is 0 Å². The molecule has 2 aliphatic rings. The maximum Gasteiger partial charge on any atom is 0.263 e. The van der Waals surface area contributed by atoms with E-state index in [4.69, 9.17) is 0 Å². The Bertz CT molecular complexity index is 845. The van der Waals surface area contributed by atoms with Gasteiger partial charge in [-0.25, -0.2) is 0 Å². The molecule has 24 heavy (non-hydrogen) atoms. The van der Waals surface area contributed by atoms with Crippen LogP contribution in [0.25, 0.3) is 0 Å². The molecule has 4 rings (SSSR count). The van der Waals surface area contributed by atoms with Gasteiger partial charge in [0.1, 0.15) is 5.56 Å². The average molecular weight is 325 g/mol. The van der Waals surface area contributed by atoms with Crippen molar-refractivity contribution in [3.8, 4) is 0 Å². The van der Waals surface area contributed by atoms with Gasteiger partial charge in [-0.1, -0.05) is 6.92 Å². The summed E-state index contributed by atoms with van der Waals surface area (Å²) in [6, 6.07) is 6.33. The Morgan fingerprint density at radius 1 is 1.21 bits per heavy atom. The van der Waals surface area contributed by atoms with Crippen molar-refractivity contribution < 1.29 is 4.79 Å². The molecule has 1 fully saturated rings. The summed E-state index contributed by atoms with van der Waals surface area (Å²) in [5, 5.41) is 0. The molecule has 0 radical (unpaired) electrons. The SMILES string of the molecule is CCC1c2cccn2CCN1C(=O)c1c(C)ccn(C2CC2)c1=O. The number of pyridine rings is 1. The smallest absolute Gasteiger partial charge is 0.263 e. The molecule has 0 bridgehead atoms. The van der Waals surface area contributed by atoms with Crippen LogP contribution in [0.15, 0.2) is 35.4 Å². The molecule has 1 aliphatic carbocycles. The highest BCUT2D eigenvalue weighted by molar-refractivity contribution is 5.95. The van der Waals surface area contributed by atoms with E-state index < -0.39 is 0 Å². The fourth-order valence-corrected chi connectivity index (χ4v) is 3.82. The lowest BCUT2D eigenvalue weighted by Gasteiger charge is -2.36. The molecule has 1 unspecified atom stereocenters. The molecule has 1 amide bonds. The molecule has 5 nitrogen and oxygen atoms in total. The topological polar surface area (TPSA) is 47.2 Å². The summed E-state index contributed by atoms with van der Waals surface area (Å²) in [5.74, 6) is -0.119. The van der Waals surface area contributed by atoms with Gasteiger partial charge in [0.05, 0.1) is 6.04 Å². The molecule has 0 spiro atoms. The second kappa shape index (κ2) is 5.65. The molecule has 0 saturated heterocycles. The third-order valence-electron chi connectivity index (χ3n) is 5.29. The van der Waals surface area contributed by atoms with Crippen LogP contribution in [0.2, 0.25) is 0 Å². The van der Waals surface area contributed by atoms with Crippen LogP contribution >= 0.6 is 0 Å². The zero-order chi connectivity index (χ0) is 16.8. The van der Waals surface area contributed by atoms with Crippen LogP contribution < -0.4 is 5.56 Å². The van der Waals surface area contributed by atoms with Crippen LogP contribution in [0.3, 0.4) is 0 Å². The fourth-order valence-electron chi connectivity index (χ4n) is 3.82. The summed E-state index contributed by atoms with van der Waals surface area (Å²) in [4.78, 5) is 28.0. The Hall–Kier alpha value is -2.30. The van der Waals surface area contributed by atoms with Crippen LogP contribution in [-0.4, -0.2) is 26.5 Å². The number of aromatic nitrogens is 2. The standard InChI is InChI=1S/C19H23N3O2/c1-3-15-16-5-4-9-20(16)11-12-22(15)19(24)17-13(2)8-10-21(18(17)23)14-6-7-14/h4-5,8-10,14-15H,3,6-7,11-12H2,1-2H3. The molecule has 5 heteroatoms. The Labute approximate surface area is 141 Å². The molecule has 0 N–H and O–H groups in total. The van der Waals surface area contributed by atoms with Gasteiger partial charge in [0.25, 0.3) is 11.5 Å². The first-order valence-corrected chi connectivity index (χ1v) is 8.79. The number of carbonyl (C=O) groups is 1. The van der Waals surface area contributed by atoms with Gasteiger partial charge in [0, 0.05) is 37.2 Å². The zero-order valence-electron chi connectivity index (χ0n) is 14.2. The molecular weight excluding hydrogens is 302 g/mol. The summed E-state index contributed by atoms with van der Waals surface area (Å²) in [7, 11) is 0. The third kappa shape index (κ3) is 2.30. The van der Waals surface area contributed by atoms with E-state index in [1.807, 2.05) is 30.2 Å². The van der Waals surface area contributed by atoms with E-state index in [0.717, 1.165) is 37.1 Å². The fraction of sp³-hybridized carbons (Fsp3) is 0.474. The number of fused-ring (bicyclic) bond motifs is 1. The van der Waals surface area contributed by atoms with Gasteiger partial charge in [-0.15, -0.1) is 0 Å². The van der Waals surface area contributed by atoms with Crippen LogP contribution in [-0.2, 0) is 6.54 Å². The minimum atomic E-state index is -0.127. The van der Waals surface area contributed by atoms with Gasteiger partial charge in [-0.2, -0.15) is 0 Å². The second-order valence-corrected chi connectivity index (χ2v) is 6.87. The average Bonchev–Trinajstić information content (AvgIpc) is 3.30. The monoisotopic (exact) mass is 325 g/mol. The first-order chi connectivity index (χ1) is 11.6. The zero-order valence-corrected chi connectivity index (χ0v) is 14.2. The highest BCUT2D eigenvalue weighted by atomic mass is 16.2. The summed E-state index contributed by atoms with van der Waals surface area (Å²) >= 11 is 0. The Morgan fingerprint density at radius 2 is 2.00 bits per heavy atom. The number of hydrogen-bond acceptors (Lipinski definition) is 2. The molecule has 1 atom stereocenters. The lowest BCUT2D eigenvalue weighted by Crippen LogP contribution is -2.44. The van der Waals surface area contributed by atoms with Crippen molar-refractivity contribution in [2.75, 3.05) is 6.54 Å². The minimum Gasteiger partial charge on any atom is -0.348 e. The summed E-state index contributed by atoms with van der Waals surface area (Å²) in [6.45, 7) is 5.39. The van der Waals surface area contributed by atoms with Gasteiger partial charge in [0.2, 0.25) is 0 Å². The number of carbonyl (C=O) groups excluding carboxylic acids is 1. The lowest BCUT2D eigenvalue weighted by molar-refractivity contribution is 0.0614. The Morgan fingerprint density at radius 3 is 2.71 bits per heavy atom. The number of nitrogens with zero attached hydrogens (tertiary/aromatic N) is 3. The van der Waals surface area contributed by atoms with Crippen molar-refractivity contribution in [2.45, 2.75) is 51.7 Å². The van der Waals surface area contributed by atoms with E-state index in [-0.39, 0.29) is 23.6 Å². The highest BCUT2D eigenvalue weighted by Crippen LogP contribution is 2.34. The van der Waals surface area contributed by atoms with Gasteiger partial charge < -0.3 is 14.0 Å². The second-order valence-electron chi connectivity index (χ2n) is 6.87. The summed E-state index contributed by atoms with van der Waals surface area (Å²) in [6.07, 6.45) is 6.81. The maximum atomic E-state index is 13.2. The highest BCUT2D eigenvalue weighted by Gasteiger charge is 2.33. The molecular formula is C19H23N3O2. The molecule has 126 valence electrons. The van der Waals surface area contributed by atoms with Crippen molar-refractivity contribution in [3.05, 3.63) is 57.8 Å². The first-order valence-electron chi connectivity index (χ1n) is 8.79. The lowest BCUT2D eigenvalue weighted by atomic mass is 10.0. The van der Waals surface area contributed by atoms with Crippen LogP contribution in [0.1, 0.15) is 59.9 Å².